The van der Waals surface area contributed by atoms with Crippen LogP contribution in [0.1, 0.15) is 12.0 Å². The number of aromatic amines is 1. The van der Waals surface area contributed by atoms with Crippen molar-refractivity contribution >= 4 is 11.8 Å². The van der Waals surface area contributed by atoms with E-state index >= 15 is 0 Å². The highest BCUT2D eigenvalue weighted by molar-refractivity contribution is 5.89. The molecule has 170 valence electrons. The maximum Gasteiger partial charge on any atom is 0.328 e. The Balaban J connectivity index is 1.52. The van der Waals surface area contributed by atoms with Gasteiger partial charge in [-0.25, -0.2) is 4.79 Å². The summed E-state index contributed by atoms with van der Waals surface area (Å²) < 4.78 is 1.29. The maximum absolute atomic E-state index is 13.1. The predicted octanol–water partition coefficient (Wildman–Crippen LogP) is 1.51. The summed E-state index contributed by atoms with van der Waals surface area (Å²) in [6.45, 7) is 1.03. The average molecular weight is 447 g/mol. The van der Waals surface area contributed by atoms with E-state index in [0.29, 0.717) is 19.5 Å². The fourth-order valence-corrected chi connectivity index (χ4v) is 4.12. The van der Waals surface area contributed by atoms with Crippen molar-refractivity contribution in [3.63, 3.8) is 0 Å². The molecule has 1 atom stereocenters. The molecule has 4 rings (SSSR count). The largest absolute Gasteiger partial charge is 0.342 e. The van der Waals surface area contributed by atoms with Gasteiger partial charge in [0.2, 0.25) is 11.8 Å². The number of likely N-dealkylation sites (N-methyl/N-ethyl adjacent to an activating group) is 1. The SMILES string of the molecule is CN1CCN(C(=O)CCn2ccc(=O)[nH]c2=O)C(Cc2cccc(-c3ccccc3)c2)C1=O. The van der Waals surface area contributed by atoms with Crippen LogP contribution in [-0.4, -0.2) is 57.3 Å². The van der Waals surface area contributed by atoms with E-state index in [4.69, 9.17) is 0 Å². The van der Waals surface area contributed by atoms with Gasteiger partial charge >= 0.3 is 5.69 Å². The van der Waals surface area contributed by atoms with Crippen molar-refractivity contribution in [2.75, 3.05) is 20.1 Å². The number of hydrogen-bond donors (Lipinski definition) is 1. The van der Waals surface area contributed by atoms with E-state index in [2.05, 4.69) is 11.1 Å². The van der Waals surface area contributed by atoms with E-state index < -0.39 is 17.3 Å². The summed E-state index contributed by atoms with van der Waals surface area (Å²) in [4.78, 5) is 54.7. The minimum Gasteiger partial charge on any atom is -0.342 e. The molecule has 8 nitrogen and oxygen atoms in total. The molecule has 33 heavy (non-hydrogen) atoms. The number of aryl methyl sites for hydroxylation is 1. The second-order valence-corrected chi connectivity index (χ2v) is 8.19. The molecule has 2 amide bonds. The van der Waals surface area contributed by atoms with Crippen molar-refractivity contribution in [2.24, 2.45) is 0 Å². The molecule has 2 heterocycles. The number of piperazine rings is 1. The molecule has 1 saturated heterocycles. The van der Waals surface area contributed by atoms with Crippen LogP contribution in [0.3, 0.4) is 0 Å². The van der Waals surface area contributed by atoms with E-state index in [9.17, 15) is 19.2 Å². The minimum absolute atomic E-state index is 0.0590. The lowest BCUT2D eigenvalue weighted by Gasteiger charge is -2.39. The zero-order chi connectivity index (χ0) is 23.4. The number of amides is 2. The van der Waals surface area contributed by atoms with Gasteiger partial charge in [0, 0.05) is 51.8 Å². The van der Waals surface area contributed by atoms with Crippen LogP contribution in [0.2, 0.25) is 0 Å². The molecule has 0 aliphatic carbocycles. The first-order chi connectivity index (χ1) is 15.9. The van der Waals surface area contributed by atoms with Gasteiger partial charge in [-0.3, -0.25) is 19.4 Å². The van der Waals surface area contributed by atoms with E-state index in [1.54, 1.807) is 16.8 Å². The number of benzene rings is 2. The number of nitrogens with one attached hydrogen (secondary N) is 1. The van der Waals surface area contributed by atoms with Gasteiger partial charge in [0.25, 0.3) is 5.56 Å². The molecule has 1 unspecified atom stereocenters. The number of carbonyl (C=O) groups is 2. The number of carbonyl (C=O) groups excluding carboxylic acids is 2. The van der Waals surface area contributed by atoms with Crippen LogP contribution in [0.4, 0.5) is 0 Å². The highest BCUT2D eigenvalue weighted by Gasteiger charge is 2.35. The Hall–Kier alpha value is -3.94. The highest BCUT2D eigenvalue weighted by atomic mass is 16.2. The summed E-state index contributed by atoms with van der Waals surface area (Å²) in [5.41, 5.74) is 2.08. The van der Waals surface area contributed by atoms with Gasteiger partial charge in [0.05, 0.1) is 0 Å². The van der Waals surface area contributed by atoms with Crippen LogP contribution in [0, 0.1) is 0 Å². The van der Waals surface area contributed by atoms with Crippen molar-refractivity contribution in [2.45, 2.75) is 25.4 Å². The fourth-order valence-electron chi connectivity index (χ4n) is 4.12. The number of rotatable bonds is 6. The van der Waals surface area contributed by atoms with Crippen molar-refractivity contribution in [3.8, 4) is 11.1 Å². The van der Waals surface area contributed by atoms with Crippen molar-refractivity contribution in [3.05, 3.63) is 93.3 Å². The lowest BCUT2D eigenvalue weighted by Crippen LogP contribution is -2.58. The Morgan fingerprint density at radius 1 is 0.970 bits per heavy atom. The molecule has 8 heteroatoms. The second-order valence-electron chi connectivity index (χ2n) is 8.19. The third-order valence-electron chi connectivity index (χ3n) is 5.96. The first-order valence-electron chi connectivity index (χ1n) is 10.9. The fraction of sp³-hybridized carbons (Fsp3) is 0.280. The van der Waals surface area contributed by atoms with Crippen molar-refractivity contribution < 1.29 is 9.59 Å². The molecule has 1 N–H and O–H groups in total. The summed E-state index contributed by atoms with van der Waals surface area (Å²) >= 11 is 0. The standard InChI is InChI=1S/C25H26N4O4/c1-27-14-15-29(23(31)11-13-28-12-10-22(30)26-25(28)33)21(24(27)32)17-18-6-5-9-20(16-18)19-7-3-2-4-8-19/h2-10,12,16,21H,11,13-15,17H2,1H3,(H,26,30,33). The first-order valence-corrected chi connectivity index (χ1v) is 10.9. The van der Waals surface area contributed by atoms with Crippen LogP contribution < -0.4 is 11.2 Å². The Morgan fingerprint density at radius 3 is 2.48 bits per heavy atom. The van der Waals surface area contributed by atoms with E-state index in [0.717, 1.165) is 16.7 Å². The molecule has 3 aromatic rings. The third kappa shape index (κ3) is 5.11. The maximum atomic E-state index is 13.1. The summed E-state index contributed by atoms with van der Waals surface area (Å²) in [5, 5.41) is 0. The molecular formula is C25H26N4O4. The number of hydrogen-bond acceptors (Lipinski definition) is 4. The Bertz CT molecular complexity index is 1260. The molecule has 1 aromatic heterocycles. The summed E-state index contributed by atoms with van der Waals surface area (Å²) in [7, 11) is 1.75. The van der Waals surface area contributed by atoms with Gasteiger partial charge < -0.3 is 14.4 Å². The average Bonchev–Trinajstić information content (AvgIpc) is 2.82. The van der Waals surface area contributed by atoms with Crippen LogP contribution in [0.15, 0.2) is 76.4 Å². The Labute approximate surface area is 191 Å². The summed E-state index contributed by atoms with van der Waals surface area (Å²) in [6, 6.07) is 18.7. The Kier molecular flexibility index (Phi) is 6.53. The van der Waals surface area contributed by atoms with Gasteiger partial charge in [-0.05, 0) is 16.7 Å². The van der Waals surface area contributed by atoms with Crippen LogP contribution in [0.5, 0.6) is 0 Å². The molecule has 0 saturated carbocycles. The normalized spacial score (nSPS) is 16.2. The lowest BCUT2D eigenvalue weighted by atomic mass is 9.97. The minimum atomic E-state index is -0.602. The number of H-pyrrole nitrogens is 1. The Morgan fingerprint density at radius 2 is 1.73 bits per heavy atom. The zero-order valence-electron chi connectivity index (χ0n) is 18.4. The molecule has 1 fully saturated rings. The van der Waals surface area contributed by atoms with Gasteiger partial charge in [0.1, 0.15) is 6.04 Å². The predicted molar refractivity (Wildman–Crippen MR) is 125 cm³/mol. The van der Waals surface area contributed by atoms with Crippen LogP contribution >= 0.6 is 0 Å². The van der Waals surface area contributed by atoms with Crippen molar-refractivity contribution in [1.82, 2.24) is 19.4 Å². The van der Waals surface area contributed by atoms with Crippen LogP contribution in [0.25, 0.3) is 11.1 Å². The molecule has 0 spiro atoms. The molecule has 1 aliphatic rings. The molecule has 0 radical (unpaired) electrons. The van der Waals surface area contributed by atoms with Crippen molar-refractivity contribution in [1.29, 1.82) is 0 Å². The first kappa shape index (κ1) is 22.3. The topological polar surface area (TPSA) is 95.5 Å². The smallest absolute Gasteiger partial charge is 0.328 e. The summed E-state index contributed by atoms with van der Waals surface area (Å²) in [6.07, 6.45) is 1.84. The number of aromatic nitrogens is 2. The second kappa shape index (κ2) is 9.68. The molecule has 1 aliphatic heterocycles. The third-order valence-corrected chi connectivity index (χ3v) is 5.96. The summed E-state index contributed by atoms with van der Waals surface area (Å²) in [5.74, 6) is -0.292. The highest BCUT2D eigenvalue weighted by Crippen LogP contribution is 2.23. The number of nitrogens with zero attached hydrogens (tertiary/aromatic N) is 3. The molecule has 2 aromatic carbocycles. The van der Waals surface area contributed by atoms with E-state index in [1.807, 2.05) is 48.5 Å². The van der Waals surface area contributed by atoms with E-state index in [1.165, 1.54) is 16.8 Å². The monoisotopic (exact) mass is 446 g/mol. The lowest BCUT2D eigenvalue weighted by molar-refractivity contribution is -0.150. The zero-order valence-corrected chi connectivity index (χ0v) is 18.4. The van der Waals surface area contributed by atoms with Crippen LogP contribution in [-0.2, 0) is 22.6 Å². The quantitative estimate of drug-likeness (QED) is 0.621. The van der Waals surface area contributed by atoms with Gasteiger partial charge in [-0.15, -0.1) is 0 Å². The van der Waals surface area contributed by atoms with Gasteiger partial charge in [-0.2, -0.15) is 0 Å². The molecular weight excluding hydrogens is 420 g/mol. The van der Waals surface area contributed by atoms with E-state index in [-0.39, 0.29) is 24.8 Å². The van der Waals surface area contributed by atoms with Gasteiger partial charge in [-0.1, -0.05) is 54.6 Å². The van der Waals surface area contributed by atoms with Gasteiger partial charge in [0.15, 0.2) is 0 Å². The molecule has 0 bridgehead atoms.